The Morgan fingerprint density at radius 3 is 2.50 bits per heavy atom. The number of anilines is 1. The van der Waals surface area contributed by atoms with Crippen LogP contribution in [0, 0.1) is 0 Å². The minimum absolute atomic E-state index is 0.114. The zero-order valence-electron chi connectivity index (χ0n) is 17.3. The highest BCUT2D eigenvalue weighted by Gasteiger charge is 2.22. The molecule has 8 heteroatoms. The third kappa shape index (κ3) is 6.06. The lowest BCUT2D eigenvalue weighted by atomic mass is 10.1. The molecular formula is C22H24BrNO6. The molecule has 0 aliphatic heterocycles. The van der Waals surface area contributed by atoms with E-state index in [9.17, 15) is 14.4 Å². The molecule has 0 fully saturated rings. The highest BCUT2D eigenvalue weighted by Crippen LogP contribution is 2.37. The van der Waals surface area contributed by atoms with Crippen molar-refractivity contribution in [3.63, 3.8) is 0 Å². The first-order valence-electron chi connectivity index (χ1n) is 9.40. The van der Waals surface area contributed by atoms with Crippen molar-refractivity contribution in [3.05, 3.63) is 52.0 Å². The van der Waals surface area contributed by atoms with Crippen molar-refractivity contribution in [2.45, 2.75) is 33.3 Å². The van der Waals surface area contributed by atoms with E-state index >= 15 is 0 Å². The molecular weight excluding hydrogens is 454 g/mol. The molecule has 0 heterocycles. The van der Waals surface area contributed by atoms with E-state index in [2.05, 4.69) is 21.2 Å². The van der Waals surface area contributed by atoms with Crippen LogP contribution in [0.1, 0.15) is 47.9 Å². The summed E-state index contributed by atoms with van der Waals surface area (Å²) in [5, 5.41) is 2.64. The molecule has 0 aliphatic carbocycles. The molecule has 0 aromatic heterocycles. The fourth-order valence-corrected chi connectivity index (χ4v) is 3.08. The summed E-state index contributed by atoms with van der Waals surface area (Å²) >= 11 is 3.38. The average molecular weight is 478 g/mol. The van der Waals surface area contributed by atoms with E-state index in [0.29, 0.717) is 33.8 Å². The van der Waals surface area contributed by atoms with Gasteiger partial charge >= 0.3 is 5.97 Å². The summed E-state index contributed by atoms with van der Waals surface area (Å²) in [4.78, 5) is 36.4. The van der Waals surface area contributed by atoms with Crippen LogP contribution in [0.5, 0.6) is 11.5 Å². The van der Waals surface area contributed by atoms with Gasteiger partial charge in [-0.3, -0.25) is 9.59 Å². The normalized spacial score (nSPS) is 11.4. The maximum Gasteiger partial charge on any atom is 0.339 e. The lowest BCUT2D eigenvalue weighted by Gasteiger charge is -2.16. The third-order valence-electron chi connectivity index (χ3n) is 4.11. The Morgan fingerprint density at radius 2 is 1.87 bits per heavy atom. The Balaban J connectivity index is 2.09. The summed E-state index contributed by atoms with van der Waals surface area (Å²) < 4.78 is 16.8. The fraction of sp³-hybridized carbons (Fsp3) is 0.318. The molecule has 0 saturated heterocycles. The minimum Gasteiger partial charge on any atom is -0.493 e. The molecule has 7 nitrogen and oxygen atoms in total. The Hall–Kier alpha value is -2.87. The number of esters is 1. The predicted octanol–water partition coefficient (Wildman–Crippen LogP) is 4.63. The number of carbonyl (C=O) groups excluding carboxylic acids is 3. The molecule has 1 N–H and O–H groups in total. The smallest absolute Gasteiger partial charge is 0.339 e. The first-order valence-corrected chi connectivity index (χ1v) is 10.2. The summed E-state index contributed by atoms with van der Waals surface area (Å²) in [7, 11) is 1.47. The average Bonchev–Trinajstić information content (AvgIpc) is 2.72. The Morgan fingerprint density at radius 1 is 1.13 bits per heavy atom. The second-order valence-electron chi connectivity index (χ2n) is 6.51. The number of amides is 1. The molecule has 30 heavy (non-hydrogen) atoms. The maximum absolute atomic E-state index is 12.5. The van der Waals surface area contributed by atoms with E-state index in [1.807, 2.05) is 6.92 Å². The van der Waals surface area contributed by atoms with Gasteiger partial charge in [-0.15, -0.1) is 0 Å². The molecule has 0 aliphatic rings. The maximum atomic E-state index is 12.5. The van der Waals surface area contributed by atoms with E-state index < -0.39 is 18.0 Å². The van der Waals surface area contributed by atoms with Gasteiger partial charge in [-0.05, 0) is 60.5 Å². The summed E-state index contributed by atoms with van der Waals surface area (Å²) in [5.74, 6) is -0.444. The number of nitrogens with one attached hydrogen (secondary N) is 1. The Kier molecular flexibility index (Phi) is 8.41. The van der Waals surface area contributed by atoms with Crippen LogP contribution in [0.4, 0.5) is 5.69 Å². The molecule has 0 radical (unpaired) electrons. The number of rotatable bonds is 9. The van der Waals surface area contributed by atoms with Gasteiger partial charge < -0.3 is 19.5 Å². The Bertz CT molecular complexity index is 943. The van der Waals surface area contributed by atoms with Crippen LogP contribution in [-0.2, 0) is 9.53 Å². The van der Waals surface area contributed by atoms with Crippen molar-refractivity contribution < 1.29 is 28.6 Å². The number of hydrogen-bond acceptors (Lipinski definition) is 6. The van der Waals surface area contributed by atoms with Gasteiger partial charge in [-0.1, -0.05) is 19.1 Å². The van der Waals surface area contributed by atoms with Crippen molar-refractivity contribution in [2.75, 3.05) is 19.0 Å². The molecule has 0 bridgehead atoms. The minimum atomic E-state index is -1.06. The van der Waals surface area contributed by atoms with Crippen LogP contribution in [0.15, 0.2) is 40.9 Å². The largest absolute Gasteiger partial charge is 0.493 e. The van der Waals surface area contributed by atoms with Crippen molar-refractivity contribution in [1.82, 2.24) is 0 Å². The van der Waals surface area contributed by atoms with Gasteiger partial charge in [-0.25, -0.2) is 4.79 Å². The second kappa shape index (κ2) is 10.8. The highest BCUT2D eigenvalue weighted by molar-refractivity contribution is 9.10. The first kappa shape index (κ1) is 23.4. The third-order valence-corrected chi connectivity index (χ3v) is 4.69. The highest BCUT2D eigenvalue weighted by atomic mass is 79.9. The summed E-state index contributed by atoms with van der Waals surface area (Å²) in [5.41, 5.74) is 1.12. The SMILES string of the molecule is CCCOc1c(Br)cc(C(=O)OC(C)C(=O)Nc2cccc(C(C)=O)c2)cc1OC. The van der Waals surface area contributed by atoms with Crippen LogP contribution in [0.25, 0.3) is 0 Å². The van der Waals surface area contributed by atoms with Gasteiger partial charge in [0.25, 0.3) is 5.91 Å². The molecule has 0 spiro atoms. The molecule has 2 aromatic rings. The topological polar surface area (TPSA) is 90.9 Å². The van der Waals surface area contributed by atoms with E-state index in [1.54, 1.807) is 30.3 Å². The number of hydrogen-bond donors (Lipinski definition) is 1. The van der Waals surface area contributed by atoms with Crippen molar-refractivity contribution in [3.8, 4) is 11.5 Å². The molecule has 1 amide bonds. The number of benzene rings is 2. The second-order valence-corrected chi connectivity index (χ2v) is 7.37. The van der Waals surface area contributed by atoms with E-state index in [0.717, 1.165) is 6.42 Å². The van der Waals surface area contributed by atoms with Crippen molar-refractivity contribution >= 4 is 39.3 Å². The fourth-order valence-electron chi connectivity index (χ4n) is 2.52. The lowest BCUT2D eigenvalue weighted by molar-refractivity contribution is -0.123. The van der Waals surface area contributed by atoms with E-state index in [4.69, 9.17) is 14.2 Å². The van der Waals surface area contributed by atoms with E-state index in [-0.39, 0.29) is 11.3 Å². The molecule has 0 saturated carbocycles. The van der Waals surface area contributed by atoms with Crippen LogP contribution < -0.4 is 14.8 Å². The van der Waals surface area contributed by atoms with Crippen molar-refractivity contribution in [2.24, 2.45) is 0 Å². The molecule has 1 atom stereocenters. The number of carbonyl (C=O) groups is 3. The number of halogens is 1. The number of methoxy groups -OCH3 is 1. The van der Waals surface area contributed by atoms with E-state index in [1.165, 1.54) is 27.0 Å². The van der Waals surface area contributed by atoms with Gasteiger partial charge in [0.05, 0.1) is 23.8 Å². The van der Waals surface area contributed by atoms with Crippen LogP contribution in [-0.4, -0.2) is 37.5 Å². The molecule has 2 aromatic carbocycles. The zero-order chi connectivity index (χ0) is 22.3. The number of Topliss-reactive ketones (excluding diaryl/α,β-unsaturated/α-hetero) is 1. The van der Waals surface area contributed by atoms with Crippen LogP contribution in [0.2, 0.25) is 0 Å². The molecule has 1 unspecified atom stereocenters. The molecule has 2 rings (SSSR count). The first-order chi connectivity index (χ1) is 14.3. The number of ketones is 1. The van der Waals surface area contributed by atoms with Crippen molar-refractivity contribution in [1.29, 1.82) is 0 Å². The van der Waals surface area contributed by atoms with Gasteiger partial charge in [0.2, 0.25) is 0 Å². The monoisotopic (exact) mass is 477 g/mol. The van der Waals surface area contributed by atoms with Gasteiger partial charge in [0.15, 0.2) is 23.4 Å². The van der Waals surface area contributed by atoms with Gasteiger partial charge in [0, 0.05) is 11.3 Å². The standard InChI is InChI=1S/C22H24BrNO6/c1-5-9-29-20-18(23)11-16(12-19(20)28-4)22(27)30-14(3)21(26)24-17-8-6-7-15(10-17)13(2)25/h6-8,10-12,14H,5,9H2,1-4H3,(H,24,26). The summed E-state index contributed by atoms with van der Waals surface area (Å²) in [6.45, 7) is 5.39. The van der Waals surface area contributed by atoms with Crippen LogP contribution >= 0.6 is 15.9 Å². The van der Waals surface area contributed by atoms with Gasteiger partial charge in [-0.2, -0.15) is 0 Å². The zero-order valence-corrected chi connectivity index (χ0v) is 18.9. The Labute approximate surface area is 183 Å². The molecule has 160 valence electrons. The van der Waals surface area contributed by atoms with Crippen LogP contribution in [0.3, 0.4) is 0 Å². The summed E-state index contributed by atoms with van der Waals surface area (Å²) in [6, 6.07) is 9.58. The lowest BCUT2D eigenvalue weighted by Crippen LogP contribution is -2.30. The van der Waals surface area contributed by atoms with Gasteiger partial charge in [0.1, 0.15) is 0 Å². The predicted molar refractivity (Wildman–Crippen MR) is 116 cm³/mol. The summed E-state index contributed by atoms with van der Waals surface area (Å²) in [6.07, 6.45) is -0.235. The number of ether oxygens (including phenoxy) is 3. The quantitative estimate of drug-likeness (QED) is 0.418.